The molecule has 2 aromatic rings. The van der Waals surface area contributed by atoms with Gasteiger partial charge in [0.1, 0.15) is 11.1 Å². The summed E-state index contributed by atoms with van der Waals surface area (Å²) in [6.07, 6.45) is 0. The van der Waals surface area contributed by atoms with Crippen LogP contribution >= 0.6 is 0 Å². The molecule has 0 spiro atoms. The predicted octanol–water partition coefficient (Wildman–Crippen LogP) is 2.72. The standard InChI is InChI=1S/C19H20N2O7/c1-5-27-18(23)15-11(3)20(13-7-9-14(10-8-13)21(25)26)12(4)16(17(15)22)19(24)28-6-2/h7-10H,5-6H2,1-4H3. The van der Waals surface area contributed by atoms with Gasteiger partial charge >= 0.3 is 11.9 Å². The van der Waals surface area contributed by atoms with Crippen molar-refractivity contribution in [2.75, 3.05) is 13.2 Å². The Balaban J connectivity index is 2.83. The van der Waals surface area contributed by atoms with Crippen LogP contribution in [0, 0.1) is 24.0 Å². The van der Waals surface area contributed by atoms with Gasteiger partial charge in [-0.3, -0.25) is 14.9 Å². The molecular formula is C19H20N2O7. The van der Waals surface area contributed by atoms with Crippen LogP contribution in [0.2, 0.25) is 0 Å². The van der Waals surface area contributed by atoms with Gasteiger partial charge < -0.3 is 14.0 Å². The molecule has 0 saturated heterocycles. The number of hydrogen-bond acceptors (Lipinski definition) is 7. The molecule has 0 bridgehead atoms. The largest absolute Gasteiger partial charge is 0.462 e. The first-order valence-electron chi connectivity index (χ1n) is 8.59. The van der Waals surface area contributed by atoms with Gasteiger partial charge in [0.25, 0.3) is 5.69 Å². The Morgan fingerprint density at radius 2 is 1.39 bits per heavy atom. The van der Waals surface area contributed by atoms with E-state index in [0.29, 0.717) is 5.69 Å². The van der Waals surface area contributed by atoms with Gasteiger partial charge in [-0.15, -0.1) is 0 Å². The Morgan fingerprint density at radius 3 is 1.75 bits per heavy atom. The lowest BCUT2D eigenvalue weighted by molar-refractivity contribution is -0.384. The van der Waals surface area contributed by atoms with Gasteiger partial charge in [-0.2, -0.15) is 0 Å². The van der Waals surface area contributed by atoms with Gasteiger partial charge in [0.2, 0.25) is 5.43 Å². The number of pyridine rings is 1. The van der Waals surface area contributed by atoms with E-state index in [1.165, 1.54) is 42.7 Å². The second kappa shape index (κ2) is 8.47. The van der Waals surface area contributed by atoms with Crippen molar-refractivity contribution in [1.29, 1.82) is 0 Å². The van der Waals surface area contributed by atoms with E-state index in [1.807, 2.05) is 0 Å². The summed E-state index contributed by atoms with van der Waals surface area (Å²) < 4.78 is 11.4. The molecule has 28 heavy (non-hydrogen) atoms. The third-order valence-corrected chi connectivity index (χ3v) is 4.13. The number of aromatic nitrogens is 1. The summed E-state index contributed by atoms with van der Waals surface area (Å²) in [6.45, 7) is 6.38. The summed E-state index contributed by atoms with van der Waals surface area (Å²) in [5, 5.41) is 10.9. The summed E-state index contributed by atoms with van der Waals surface area (Å²) in [5.74, 6) is -1.71. The van der Waals surface area contributed by atoms with Crippen LogP contribution in [0.4, 0.5) is 5.69 Å². The highest BCUT2D eigenvalue weighted by Crippen LogP contribution is 2.22. The summed E-state index contributed by atoms with van der Waals surface area (Å²) in [7, 11) is 0. The molecule has 9 nitrogen and oxygen atoms in total. The van der Waals surface area contributed by atoms with E-state index in [0.717, 1.165) is 0 Å². The van der Waals surface area contributed by atoms with Crippen molar-refractivity contribution in [3.05, 3.63) is 67.1 Å². The Kier molecular flexibility index (Phi) is 6.29. The van der Waals surface area contributed by atoms with Crippen molar-refractivity contribution in [3.63, 3.8) is 0 Å². The summed E-state index contributed by atoms with van der Waals surface area (Å²) in [4.78, 5) is 48.0. The van der Waals surface area contributed by atoms with Gasteiger partial charge in [-0.25, -0.2) is 9.59 Å². The van der Waals surface area contributed by atoms with Gasteiger partial charge in [-0.05, 0) is 39.8 Å². The average molecular weight is 388 g/mol. The van der Waals surface area contributed by atoms with Gasteiger partial charge in [0.05, 0.1) is 18.1 Å². The molecule has 2 rings (SSSR count). The summed E-state index contributed by atoms with van der Waals surface area (Å²) in [6, 6.07) is 5.51. The monoisotopic (exact) mass is 388 g/mol. The number of benzene rings is 1. The lowest BCUT2D eigenvalue weighted by Gasteiger charge is -2.20. The number of carbonyl (C=O) groups excluding carboxylic acids is 2. The van der Waals surface area contributed by atoms with Crippen LogP contribution in [-0.4, -0.2) is 34.6 Å². The maximum Gasteiger partial charge on any atom is 0.343 e. The van der Waals surface area contributed by atoms with Crippen LogP contribution in [0.15, 0.2) is 29.1 Å². The first kappa shape index (κ1) is 20.8. The summed E-state index contributed by atoms with van der Waals surface area (Å²) in [5.41, 5.74) is -0.508. The average Bonchev–Trinajstić information content (AvgIpc) is 2.62. The van der Waals surface area contributed by atoms with Crippen LogP contribution < -0.4 is 5.43 Å². The van der Waals surface area contributed by atoms with Crippen LogP contribution in [0.1, 0.15) is 46.0 Å². The van der Waals surface area contributed by atoms with Crippen LogP contribution in [0.5, 0.6) is 0 Å². The van der Waals surface area contributed by atoms with Crippen molar-refractivity contribution in [2.45, 2.75) is 27.7 Å². The van der Waals surface area contributed by atoms with E-state index in [2.05, 4.69) is 0 Å². The molecule has 0 atom stereocenters. The third-order valence-electron chi connectivity index (χ3n) is 4.13. The second-order valence-corrected chi connectivity index (χ2v) is 5.80. The lowest BCUT2D eigenvalue weighted by atomic mass is 10.0. The number of esters is 2. The maximum absolute atomic E-state index is 12.9. The Labute approximate surface area is 160 Å². The number of carbonyl (C=O) groups is 2. The van der Waals surface area contributed by atoms with Crippen molar-refractivity contribution in [1.82, 2.24) is 4.57 Å². The molecule has 1 aromatic carbocycles. The molecule has 0 fully saturated rings. The number of non-ortho nitro benzene ring substituents is 1. The number of hydrogen-bond donors (Lipinski definition) is 0. The number of nitro groups is 1. The number of nitro benzene ring substituents is 1. The minimum Gasteiger partial charge on any atom is -0.462 e. The fourth-order valence-electron chi connectivity index (χ4n) is 2.93. The topological polar surface area (TPSA) is 118 Å². The first-order valence-corrected chi connectivity index (χ1v) is 8.59. The fraction of sp³-hybridized carbons (Fsp3) is 0.316. The molecule has 0 aliphatic heterocycles. The Morgan fingerprint density at radius 1 is 0.964 bits per heavy atom. The quantitative estimate of drug-likeness (QED) is 0.424. The molecule has 0 N–H and O–H groups in total. The number of ether oxygens (including phenoxy) is 2. The molecular weight excluding hydrogens is 368 g/mol. The fourth-order valence-corrected chi connectivity index (χ4v) is 2.93. The molecule has 0 unspecified atom stereocenters. The Bertz CT molecular complexity index is 943. The lowest BCUT2D eigenvalue weighted by Crippen LogP contribution is -2.31. The van der Waals surface area contributed by atoms with E-state index in [4.69, 9.17) is 9.47 Å². The molecule has 0 aliphatic carbocycles. The molecule has 148 valence electrons. The van der Waals surface area contributed by atoms with Crippen molar-refractivity contribution >= 4 is 17.6 Å². The van der Waals surface area contributed by atoms with E-state index >= 15 is 0 Å². The molecule has 0 radical (unpaired) electrons. The van der Waals surface area contributed by atoms with Crippen molar-refractivity contribution < 1.29 is 24.0 Å². The predicted molar refractivity (Wildman–Crippen MR) is 100 cm³/mol. The van der Waals surface area contributed by atoms with E-state index in [-0.39, 0.29) is 41.4 Å². The molecule has 9 heteroatoms. The van der Waals surface area contributed by atoms with Crippen molar-refractivity contribution in [3.8, 4) is 5.69 Å². The molecule has 0 saturated carbocycles. The van der Waals surface area contributed by atoms with Gasteiger partial charge in [0.15, 0.2) is 0 Å². The van der Waals surface area contributed by atoms with E-state index < -0.39 is 22.3 Å². The zero-order valence-corrected chi connectivity index (χ0v) is 16.0. The van der Waals surface area contributed by atoms with Crippen LogP contribution in [0.25, 0.3) is 5.69 Å². The van der Waals surface area contributed by atoms with Gasteiger partial charge in [-0.1, -0.05) is 0 Å². The number of rotatable bonds is 6. The SMILES string of the molecule is CCOC(=O)c1c(C)n(-c2ccc([N+](=O)[O-])cc2)c(C)c(C(=O)OCC)c1=O. The number of nitrogens with zero attached hydrogens (tertiary/aromatic N) is 2. The van der Waals surface area contributed by atoms with Crippen LogP contribution in [0.3, 0.4) is 0 Å². The Hall–Kier alpha value is -3.49. The van der Waals surface area contributed by atoms with E-state index in [9.17, 15) is 24.5 Å². The third kappa shape index (κ3) is 3.78. The zero-order chi connectivity index (χ0) is 21.0. The first-order chi connectivity index (χ1) is 13.2. The summed E-state index contributed by atoms with van der Waals surface area (Å²) >= 11 is 0. The highest BCUT2D eigenvalue weighted by Gasteiger charge is 2.28. The molecule has 1 aromatic heterocycles. The minimum atomic E-state index is -0.855. The minimum absolute atomic E-state index is 0.0534. The van der Waals surface area contributed by atoms with Crippen LogP contribution in [-0.2, 0) is 9.47 Å². The normalized spacial score (nSPS) is 10.4. The second-order valence-electron chi connectivity index (χ2n) is 5.80. The molecule has 0 amide bonds. The smallest absolute Gasteiger partial charge is 0.343 e. The van der Waals surface area contributed by atoms with Gasteiger partial charge in [0, 0.05) is 29.2 Å². The molecule has 1 heterocycles. The van der Waals surface area contributed by atoms with Crippen molar-refractivity contribution in [2.24, 2.45) is 0 Å². The maximum atomic E-state index is 12.9. The zero-order valence-electron chi connectivity index (χ0n) is 16.0. The highest BCUT2D eigenvalue weighted by atomic mass is 16.6. The molecule has 0 aliphatic rings. The highest BCUT2D eigenvalue weighted by molar-refractivity contribution is 5.96. The van der Waals surface area contributed by atoms with E-state index in [1.54, 1.807) is 13.8 Å².